The second kappa shape index (κ2) is 5.61. The van der Waals surface area contributed by atoms with Gasteiger partial charge in [0.2, 0.25) is 0 Å². The van der Waals surface area contributed by atoms with E-state index in [0.29, 0.717) is 24.6 Å². The van der Waals surface area contributed by atoms with Crippen LogP contribution in [0, 0.1) is 0 Å². The van der Waals surface area contributed by atoms with Gasteiger partial charge in [-0.3, -0.25) is 9.89 Å². The van der Waals surface area contributed by atoms with Crippen LogP contribution in [0.1, 0.15) is 48.8 Å². The summed E-state index contributed by atoms with van der Waals surface area (Å²) in [6.45, 7) is 5.44. The predicted octanol–water partition coefficient (Wildman–Crippen LogP) is 1.37. The summed E-state index contributed by atoms with van der Waals surface area (Å²) in [6.07, 6.45) is 1.73. The standard InChI is InChI=1S/C13H22N4O2/c1-8(2)11-10(14)12(16-15-11)13(18)17(3)9-4-6-19-7-5-9/h8-9H,4-7,14H2,1-3H3,(H,15,16). The number of nitrogens with two attached hydrogens (primary N) is 1. The van der Waals surface area contributed by atoms with E-state index < -0.39 is 0 Å². The van der Waals surface area contributed by atoms with Gasteiger partial charge in [-0.15, -0.1) is 0 Å². The average Bonchev–Trinajstić information content (AvgIpc) is 2.80. The smallest absolute Gasteiger partial charge is 0.276 e. The van der Waals surface area contributed by atoms with Crippen LogP contribution >= 0.6 is 0 Å². The minimum Gasteiger partial charge on any atom is -0.395 e. The molecule has 0 unspecified atom stereocenters. The van der Waals surface area contributed by atoms with E-state index in [1.807, 2.05) is 20.9 Å². The number of rotatable bonds is 3. The number of carbonyl (C=O) groups is 1. The Morgan fingerprint density at radius 3 is 2.63 bits per heavy atom. The summed E-state index contributed by atoms with van der Waals surface area (Å²) < 4.78 is 5.31. The third-order valence-electron chi connectivity index (χ3n) is 3.67. The molecule has 1 fully saturated rings. The molecule has 0 atom stereocenters. The van der Waals surface area contributed by atoms with E-state index in [9.17, 15) is 4.79 Å². The highest BCUT2D eigenvalue weighted by molar-refractivity contribution is 5.97. The van der Waals surface area contributed by atoms with E-state index >= 15 is 0 Å². The Hall–Kier alpha value is -1.56. The second-order valence-electron chi connectivity index (χ2n) is 5.31. The minimum atomic E-state index is -0.118. The molecule has 0 aliphatic carbocycles. The molecular formula is C13H22N4O2. The zero-order valence-electron chi connectivity index (χ0n) is 11.8. The number of H-pyrrole nitrogens is 1. The first kappa shape index (κ1) is 13.9. The lowest BCUT2D eigenvalue weighted by atomic mass is 10.1. The number of amides is 1. The molecule has 2 heterocycles. The van der Waals surface area contributed by atoms with Gasteiger partial charge >= 0.3 is 0 Å². The third kappa shape index (κ3) is 2.73. The molecule has 0 bridgehead atoms. The fourth-order valence-electron chi connectivity index (χ4n) is 2.37. The molecule has 1 saturated heterocycles. The molecule has 1 aromatic heterocycles. The van der Waals surface area contributed by atoms with Gasteiger partial charge in [0.25, 0.3) is 5.91 Å². The van der Waals surface area contributed by atoms with Crippen molar-refractivity contribution in [1.82, 2.24) is 15.1 Å². The summed E-state index contributed by atoms with van der Waals surface area (Å²) in [5.41, 5.74) is 7.63. The highest BCUT2D eigenvalue weighted by atomic mass is 16.5. The molecule has 6 heteroatoms. The Balaban J connectivity index is 2.14. The highest BCUT2D eigenvalue weighted by Crippen LogP contribution is 2.24. The van der Waals surface area contributed by atoms with Crippen LogP contribution in [-0.2, 0) is 4.74 Å². The minimum absolute atomic E-state index is 0.118. The fourth-order valence-corrected chi connectivity index (χ4v) is 2.37. The summed E-state index contributed by atoms with van der Waals surface area (Å²) in [7, 11) is 1.81. The van der Waals surface area contributed by atoms with Crippen LogP contribution in [0.4, 0.5) is 5.69 Å². The lowest BCUT2D eigenvalue weighted by Gasteiger charge is -2.30. The molecule has 1 aliphatic rings. The zero-order chi connectivity index (χ0) is 14.0. The number of aromatic amines is 1. The first-order valence-corrected chi connectivity index (χ1v) is 6.71. The van der Waals surface area contributed by atoms with Crippen molar-refractivity contribution in [2.75, 3.05) is 26.0 Å². The summed E-state index contributed by atoms with van der Waals surface area (Å²) in [5.74, 6) is 0.106. The fraction of sp³-hybridized carbons (Fsp3) is 0.692. The van der Waals surface area contributed by atoms with Crippen molar-refractivity contribution in [3.8, 4) is 0 Å². The van der Waals surface area contributed by atoms with E-state index in [4.69, 9.17) is 10.5 Å². The maximum atomic E-state index is 12.4. The van der Waals surface area contributed by atoms with Gasteiger partial charge in [-0.25, -0.2) is 0 Å². The maximum absolute atomic E-state index is 12.4. The number of nitrogen functional groups attached to an aromatic ring is 1. The molecule has 0 aromatic carbocycles. The van der Waals surface area contributed by atoms with Crippen molar-refractivity contribution in [2.45, 2.75) is 38.6 Å². The quantitative estimate of drug-likeness (QED) is 0.865. The Bertz CT molecular complexity index is 449. The lowest BCUT2D eigenvalue weighted by molar-refractivity contribution is 0.0359. The number of nitrogens with zero attached hydrogens (tertiary/aromatic N) is 2. The molecule has 0 radical (unpaired) electrons. The maximum Gasteiger partial charge on any atom is 0.276 e. The number of aromatic nitrogens is 2. The number of hydrogen-bond donors (Lipinski definition) is 2. The second-order valence-corrected chi connectivity index (χ2v) is 5.31. The van der Waals surface area contributed by atoms with Crippen LogP contribution in [0.25, 0.3) is 0 Å². The summed E-state index contributed by atoms with van der Waals surface area (Å²) in [5, 5.41) is 6.95. The van der Waals surface area contributed by atoms with Crippen LogP contribution in [0.15, 0.2) is 0 Å². The van der Waals surface area contributed by atoms with Crippen LogP contribution in [0.3, 0.4) is 0 Å². The van der Waals surface area contributed by atoms with E-state index in [1.165, 1.54) is 0 Å². The van der Waals surface area contributed by atoms with Gasteiger partial charge in [-0.1, -0.05) is 13.8 Å². The summed E-state index contributed by atoms with van der Waals surface area (Å²) in [6, 6.07) is 0.208. The molecule has 106 valence electrons. The van der Waals surface area contributed by atoms with Crippen LogP contribution < -0.4 is 5.73 Å². The largest absolute Gasteiger partial charge is 0.395 e. The Morgan fingerprint density at radius 1 is 1.47 bits per heavy atom. The number of carbonyl (C=O) groups excluding carboxylic acids is 1. The SMILES string of the molecule is CC(C)c1[nH]nc(C(=O)N(C)C2CCOCC2)c1N. The predicted molar refractivity (Wildman–Crippen MR) is 73.0 cm³/mol. The molecule has 1 amide bonds. The topological polar surface area (TPSA) is 84.2 Å². The third-order valence-corrected chi connectivity index (χ3v) is 3.67. The van der Waals surface area contributed by atoms with Gasteiger partial charge in [0, 0.05) is 26.3 Å². The molecule has 1 aliphatic heterocycles. The first-order chi connectivity index (χ1) is 9.02. The lowest BCUT2D eigenvalue weighted by Crippen LogP contribution is -2.41. The molecule has 2 rings (SSSR count). The Labute approximate surface area is 113 Å². The van der Waals surface area contributed by atoms with Gasteiger partial charge in [0.1, 0.15) is 0 Å². The number of hydrogen-bond acceptors (Lipinski definition) is 4. The van der Waals surface area contributed by atoms with Crippen molar-refractivity contribution >= 4 is 11.6 Å². The summed E-state index contributed by atoms with van der Waals surface area (Å²) >= 11 is 0. The molecule has 1 aromatic rings. The molecule has 19 heavy (non-hydrogen) atoms. The molecule has 6 nitrogen and oxygen atoms in total. The van der Waals surface area contributed by atoms with Crippen LogP contribution in [0.2, 0.25) is 0 Å². The number of nitrogens with one attached hydrogen (secondary N) is 1. The Kier molecular flexibility index (Phi) is 4.09. The van der Waals surface area contributed by atoms with Crippen molar-refractivity contribution in [3.63, 3.8) is 0 Å². The van der Waals surface area contributed by atoms with Gasteiger partial charge in [0.15, 0.2) is 5.69 Å². The first-order valence-electron chi connectivity index (χ1n) is 6.71. The van der Waals surface area contributed by atoms with Crippen molar-refractivity contribution in [3.05, 3.63) is 11.4 Å². The van der Waals surface area contributed by atoms with Crippen molar-refractivity contribution < 1.29 is 9.53 Å². The van der Waals surface area contributed by atoms with Gasteiger partial charge in [-0.05, 0) is 18.8 Å². The van der Waals surface area contributed by atoms with Gasteiger partial charge in [-0.2, -0.15) is 5.10 Å². The van der Waals surface area contributed by atoms with Gasteiger partial charge < -0.3 is 15.4 Å². The van der Waals surface area contributed by atoms with E-state index in [-0.39, 0.29) is 17.9 Å². The van der Waals surface area contributed by atoms with E-state index in [2.05, 4.69) is 10.2 Å². The van der Waals surface area contributed by atoms with Crippen molar-refractivity contribution in [2.24, 2.45) is 0 Å². The molecule has 0 saturated carbocycles. The van der Waals surface area contributed by atoms with E-state index in [0.717, 1.165) is 18.5 Å². The number of ether oxygens (including phenoxy) is 1. The normalized spacial score (nSPS) is 16.8. The van der Waals surface area contributed by atoms with Crippen LogP contribution in [-0.4, -0.2) is 47.3 Å². The van der Waals surface area contributed by atoms with E-state index in [1.54, 1.807) is 4.90 Å². The van der Waals surface area contributed by atoms with Crippen LogP contribution in [0.5, 0.6) is 0 Å². The zero-order valence-corrected chi connectivity index (χ0v) is 11.8. The number of anilines is 1. The van der Waals surface area contributed by atoms with Crippen molar-refractivity contribution in [1.29, 1.82) is 0 Å². The molecule has 0 spiro atoms. The highest BCUT2D eigenvalue weighted by Gasteiger charge is 2.27. The van der Waals surface area contributed by atoms with Gasteiger partial charge in [0.05, 0.1) is 11.4 Å². The summed E-state index contributed by atoms with van der Waals surface area (Å²) in [4.78, 5) is 14.2. The average molecular weight is 266 g/mol. The Morgan fingerprint density at radius 2 is 2.11 bits per heavy atom. The monoisotopic (exact) mass is 266 g/mol. The molecule has 3 N–H and O–H groups in total. The molecular weight excluding hydrogens is 244 g/mol.